The second kappa shape index (κ2) is 9.26. The first-order valence-electron chi connectivity index (χ1n) is 10.3. The molecule has 0 aliphatic carbocycles. The Kier molecular flexibility index (Phi) is 6.98. The van der Waals surface area contributed by atoms with Crippen molar-refractivity contribution in [1.82, 2.24) is 24.3 Å². The third-order valence-electron chi connectivity index (χ3n) is 5.74. The van der Waals surface area contributed by atoms with Crippen LogP contribution in [0, 0.1) is 11.8 Å². The lowest BCUT2D eigenvalue weighted by Gasteiger charge is -2.30. The molecule has 2 aliphatic rings. The third-order valence-corrected chi connectivity index (χ3v) is 7.05. The van der Waals surface area contributed by atoms with Crippen LogP contribution in [0.5, 0.6) is 0 Å². The van der Waals surface area contributed by atoms with E-state index in [0.29, 0.717) is 24.9 Å². The summed E-state index contributed by atoms with van der Waals surface area (Å²) in [7, 11) is -1.10. The van der Waals surface area contributed by atoms with E-state index in [1.807, 2.05) is 17.9 Å². The van der Waals surface area contributed by atoms with Gasteiger partial charge in [-0.3, -0.25) is 9.67 Å². The molecular formula is C19H34N6O2S. The number of hydrogen-bond acceptors (Lipinski definition) is 4. The van der Waals surface area contributed by atoms with Gasteiger partial charge in [0.25, 0.3) is 0 Å². The molecule has 0 bridgehead atoms. The minimum Gasteiger partial charge on any atom is -0.357 e. The smallest absolute Gasteiger partial charge is 0.211 e. The summed E-state index contributed by atoms with van der Waals surface area (Å²) in [5.41, 5.74) is 1.30. The zero-order valence-electron chi connectivity index (χ0n) is 17.3. The molecule has 1 unspecified atom stereocenters. The van der Waals surface area contributed by atoms with E-state index in [0.717, 1.165) is 51.4 Å². The summed E-state index contributed by atoms with van der Waals surface area (Å²) in [6, 6.07) is 0. The number of sulfonamides is 1. The molecule has 3 heterocycles. The fourth-order valence-electron chi connectivity index (χ4n) is 4.17. The van der Waals surface area contributed by atoms with Crippen molar-refractivity contribution in [1.29, 1.82) is 0 Å². The van der Waals surface area contributed by atoms with Gasteiger partial charge in [0.1, 0.15) is 0 Å². The Morgan fingerprint density at radius 3 is 2.57 bits per heavy atom. The first-order chi connectivity index (χ1) is 13.3. The van der Waals surface area contributed by atoms with E-state index < -0.39 is 10.0 Å². The molecule has 2 saturated heterocycles. The predicted molar refractivity (Wildman–Crippen MR) is 112 cm³/mol. The van der Waals surface area contributed by atoms with Gasteiger partial charge in [-0.25, -0.2) is 12.7 Å². The van der Waals surface area contributed by atoms with Gasteiger partial charge in [0.15, 0.2) is 5.96 Å². The van der Waals surface area contributed by atoms with Crippen LogP contribution in [0.25, 0.3) is 0 Å². The van der Waals surface area contributed by atoms with Crippen molar-refractivity contribution in [3.63, 3.8) is 0 Å². The first-order valence-corrected chi connectivity index (χ1v) is 12.2. The molecule has 1 aromatic rings. The van der Waals surface area contributed by atoms with Gasteiger partial charge in [-0.05, 0) is 50.0 Å². The second-order valence-electron chi connectivity index (χ2n) is 8.13. The molecule has 28 heavy (non-hydrogen) atoms. The minimum absolute atomic E-state index is 0.459. The van der Waals surface area contributed by atoms with Crippen LogP contribution >= 0.6 is 0 Å². The van der Waals surface area contributed by atoms with E-state index in [1.165, 1.54) is 18.2 Å². The van der Waals surface area contributed by atoms with Crippen molar-refractivity contribution in [2.75, 3.05) is 45.5 Å². The van der Waals surface area contributed by atoms with Crippen LogP contribution in [0.1, 0.15) is 31.7 Å². The largest absolute Gasteiger partial charge is 0.357 e. The van der Waals surface area contributed by atoms with Gasteiger partial charge in [0.05, 0.1) is 12.5 Å². The quantitative estimate of drug-likeness (QED) is 0.557. The molecule has 9 heteroatoms. The van der Waals surface area contributed by atoms with Crippen molar-refractivity contribution < 1.29 is 8.42 Å². The Labute approximate surface area is 169 Å². The highest BCUT2D eigenvalue weighted by molar-refractivity contribution is 7.88. The third kappa shape index (κ3) is 5.70. The van der Waals surface area contributed by atoms with Crippen LogP contribution in [-0.2, 0) is 23.5 Å². The SMILES string of the molecule is CCNC(=NCC1CCN(S(C)(=O)=O)CC1)N1CCC(Cc2cnn(C)c2)C1. The Bertz CT molecular complexity index is 767. The van der Waals surface area contributed by atoms with E-state index in [9.17, 15) is 8.42 Å². The highest BCUT2D eigenvalue weighted by atomic mass is 32.2. The number of hydrogen-bond donors (Lipinski definition) is 1. The maximum Gasteiger partial charge on any atom is 0.211 e. The number of nitrogens with one attached hydrogen (secondary N) is 1. The lowest BCUT2D eigenvalue weighted by molar-refractivity contribution is 0.279. The fraction of sp³-hybridized carbons (Fsp3) is 0.789. The van der Waals surface area contributed by atoms with Gasteiger partial charge in [0, 0.05) is 52.5 Å². The van der Waals surface area contributed by atoms with E-state index in [4.69, 9.17) is 4.99 Å². The zero-order chi connectivity index (χ0) is 20.1. The minimum atomic E-state index is -3.06. The standard InChI is InChI=1S/C19H34N6O2S/c1-4-20-19(21-12-16-6-9-25(10-7-16)28(3,26)27)24-8-5-17(15-24)11-18-13-22-23(2)14-18/h13-14,16-17H,4-12,15H2,1-3H3,(H,20,21). The number of rotatable bonds is 6. The normalized spacial score (nSPS) is 22.8. The van der Waals surface area contributed by atoms with Gasteiger partial charge >= 0.3 is 0 Å². The molecule has 2 fully saturated rings. The molecule has 0 radical (unpaired) electrons. The second-order valence-corrected chi connectivity index (χ2v) is 10.1. The number of aliphatic imine (C=N–C) groups is 1. The maximum atomic E-state index is 11.7. The van der Waals surface area contributed by atoms with E-state index in [1.54, 1.807) is 4.31 Å². The first kappa shape index (κ1) is 21.1. The molecule has 3 rings (SSSR count). The molecule has 8 nitrogen and oxygen atoms in total. The molecule has 0 spiro atoms. The Morgan fingerprint density at radius 1 is 1.25 bits per heavy atom. The Morgan fingerprint density at radius 2 is 1.96 bits per heavy atom. The van der Waals surface area contributed by atoms with E-state index in [-0.39, 0.29) is 0 Å². The van der Waals surface area contributed by atoms with Crippen LogP contribution in [0.3, 0.4) is 0 Å². The number of aryl methyl sites for hydroxylation is 1. The highest BCUT2D eigenvalue weighted by Gasteiger charge is 2.27. The molecule has 0 amide bonds. The summed E-state index contributed by atoms with van der Waals surface area (Å²) in [4.78, 5) is 7.27. The van der Waals surface area contributed by atoms with Gasteiger partial charge in [-0.15, -0.1) is 0 Å². The van der Waals surface area contributed by atoms with Gasteiger partial charge in [-0.1, -0.05) is 0 Å². The molecule has 0 aromatic carbocycles. The summed E-state index contributed by atoms with van der Waals surface area (Å²) in [6.45, 7) is 7.01. The number of guanidine groups is 1. The van der Waals surface area contributed by atoms with Crippen molar-refractivity contribution in [3.8, 4) is 0 Å². The van der Waals surface area contributed by atoms with Gasteiger partial charge in [-0.2, -0.15) is 5.10 Å². The lowest BCUT2D eigenvalue weighted by atomic mass is 9.98. The zero-order valence-corrected chi connectivity index (χ0v) is 18.2. The van der Waals surface area contributed by atoms with Crippen molar-refractivity contribution in [3.05, 3.63) is 18.0 Å². The number of nitrogens with zero attached hydrogens (tertiary/aromatic N) is 5. The van der Waals surface area contributed by atoms with Crippen molar-refractivity contribution >= 4 is 16.0 Å². The van der Waals surface area contributed by atoms with E-state index in [2.05, 4.69) is 28.4 Å². The predicted octanol–water partition coefficient (Wildman–Crippen LogP) is 0.922. The summed E-state index contributed by atoms with van der Waals surface area (Å²) >= 11 is 0. The van der Waals surface area contributed by atoms with Crippen LogP contribution in [-0.4, -0.2) is 78.9 Å². The molecular weight excluding hydrogens is 376 g/mol. The molecule has 2 aliphatic heterocycles. The molecule has 0 saturated carbocycles. The van der Waals surface area contributed by atoms with Crippen LogP contribution in [0.2, 0.25) is 0 Å². The van der Waals surface area contributed by atoms with Crippen molar-refractivity contribution in [2.45, 2.75) is 32.6 Å². The number of aromatic nitrogens is 2. The Hall–Kier alpha value is -1.61. The lowest BCUT2D eigenvalue weighted by Crippen LogP contribution is -2.41. The summed E-state index contributed by atoms with van der Waals surface area (Å²) < 4.78 is 26.8. The number of likely N-dealkylation sites (tertiary alicyclic amines) is 1. The summed E-state index contributed by atoms with van der Waals surface area (Å²) in [5, 5.41) is 7.71. The molecule has 1 aromatic heterocycles. The monoisotopic (exact) mass is 410 g/mol. The van der Waals surface area contributed by atoms with Crippen LogP contribution in [0.4, 0.5) is 0 Å². The highest BCUT2D eigenvalue weighted by Crippen LogP contribution is 2.22. The fourth-order valence-corrected chi connectivity index (χ4v) is 5.04. The van der Waals surface area contributed by atoms with Crippen LogP contribution < -0.4 is 5.32 Å². The van der Waals surface area contributed by atoms with E-state index >= 15 is 0 Å². The van der Waals surface area contributed by atoms with Gasteiger partial charge < -0.3 is 10.2 Å². The summed E-state index contributed by atoms with van der Waals surface area (Å²) in [5.74, 6) is 2.09. The van der Waals surface area contributed by atoms with Crippen molar-refractivity contribution in [2.24, 2.45) is 23.9 Å². The molecule has 1 N–H and O–H groups in total. The van der Waals surface area contributed by atoms with Gasteiger partial charge in [0.2, 0.25) is 10.0 Å². The topological polar surface area (TPSA) is 82.8 Å². The molecule has 1 atom stereocenters. The maximum absolute atomic E-state index is 11.7. The number of piperidine rings is 1. The van der Waals surface area contributed by atoms with Crippen LogP contribution in [0.15, 0.2) is 17.4 Å². The summed E-state index contributed by atoms with van der Waals surface area (Å²) in [6.07, 6.45) is 9.37. The molecule has 158 valence electrons. The average Bonchev–Trinajstić information content (AvgIpc) is 3.27. The average molecular weight is 411 g/mol. The Balaban J connectivity index is 1.52.